The molecule has 18 heteroatoms. The van der Waals surface area contributed by atoms with Gasteiger partial charge in [-0.05, 0) is 64.0 Å². The van der Waals surface area contributed by atoms with E-state index in [1.54, 1.807) is 58.0 Å². The number of rotatable bonds is 8. The molecule has 1 aromatic carbocycles. The van der Waals surface area contributed by atoms with Crippen LogP contribution in [0.5, 0.6) is 0 Å². The Hall–Kier alpha value is -5.05. The number of benzene rings is 1. The monoisotopic (exact) mass is 1110 g/mol. The normalized spacial score (nSPS) is 26.0. The van der Waals surface area contributed by atoms with Gasteiger partial charge in [0.2, 0.25) is 29.7 Å². The SMILES string of the molecule is C/C=C(\C)C1OC(=O)C(C)NC(=O)C(C(C)CC)NC(=O)CN(C)C(=O)C(Cc2ccccc2)N(C)C(=O)C(C)NC(=O)C(CC(C)C)OC(=O)/C(C)=C/CC(OC(=O)[N-]C)C1C.CC.[CH3-].[W+2]. The van der Waals surface area contributed by atoms with Crippen molar-refractivity contribution in [2.24, 2.45) is 17.8 Å². The van der Waals surface area contributed by atoms with E-state index < -0.39 is 108 Å². The van der Waals surface area contributed by atoms with Crippen LogP contribution in [0.4, 0.5) is 4.79 Å². The number of amides is 6. The van der Waals surface area contributed by atoms with Gasteiger partial charge in [0.1, 0.15) is 36.4 Å². The molecule has 1 aliphatic rings. The molecule has 6 amide bonds. The number of likely N-dealkylation sites (N-methyl/N-ethyl adjacent to an activating group) is 2. The Kier molecular flexibility index (Phi) is 30.4. The van der Waals surface area contributed by atoms with Gasteiger partial charge in [0, 0.05) is 38.4 Å². The predicted octanol–water partition coefficient (Wildman–Crippen LogP) is 5.86. The molecule has 0 aliphatic carbocycles. The minimum Gasteiger partial charge on any atom is -0.620 e. The van der Waals surface area contributed by atoms with Crippen molar-refractivity contribution in [3.8, 4) is 0 Å². The first kappa shape index (κ1) is 64.0. The van der Waals surface area contributed by atoms with Gasteiger partial charge in [-0.3, -0.25) is 28.8 Å². The van der Waals surface area contributed by atoms with Crippen molar-refractivity contribution in [2.45, 2.75) is 151 Å². The number of hydrogen-bond acceptors (Lipinski definition) is 11. The summed E-state index contributed by atoms with van der Waals surface area (Å²) < 4.78 is 17.4. The molecule has 67 heavy (non-hydrogen) atoms. The first-order valence-corrected chi connectivity index (χ1v) is 22.5. The zero-order valence-electron chi connectivity index (χ0n) is 42.6. The Morgan fingerprint density at radius 3 is 2.03 bits per heavy atom. The third-order valence-electron chi connectivity index (χ3n) is 11.2. The number of allylic oxidation sites excluding steroid dienone is 1. The van der Waals surface area contributed by atoms with Gasteiger partial charge < -0.3 is 52.7 Å². The molecule has 0 bridgehead atoms. The van der Waals surface area contributed by atoms with E-state index in [-0.39, 0.29) is 59.2 Å². The van der Waals surface area contributed by atoms with Crippen LogP contribution in [0.1, 0.15) is 108 Å². The maximum absolute atomic E-state index is 14.2. The van der Waals surface area contributed by atoms with Crippen molar-refractivity contribution >= 4 is 47.6 Å². The van der Waals surface area contributed by atoms with Crippen LogP contribution in [-0.4, -0.2) is 128 Å². The second kappa shape index (κ2) is 31.8. The molecule has 1 aromatic rings. The third-order valence-corrected chi connectivity index (χ3v) is 11.2. The minimum absolute atomic E-state index is 0. The molecule has 2 rings (SSSR count). The molecule has 1 aliphatic heterocycles. The van der Waals surface area contributed by atoms with E-state index >= 15 is 0 Å². The Morgan fingerprint density at radius 2 is 1.49 bits per heavy atom. The average Bonchev–Trinajstić information content (AvgIpc) is 3.28. The van der Waals surface area contributed by atoms with Crippen LogP contribution >= 0.6 is 0 Å². The van der Waals surface area contributed by atoms with E-state index in [1.807, 2.05) is 40.7 Å². The maximum Gasteiger partial charge on any atom is 2.00 e. The molecule has 0 saturated heterocycles. The molecule has 1 heterocycles. The average molecular weight is 1110 g/mol. The smallest absolute Gasteiger partial charge is 0.620 e. The Balaban J connectivity index is 0. The number of cyclic esters (lactones) is 2. The summed E-state index contributed by atoms with van der Waals surface area (Å²) in [7, 11) is 4.09. The van der Waals surface area contributed by atoms with Crippen LogP contribution < -0.4 is 16.0 Å². The summed E-state index contributed by atoms with van der Waals surface area (Å²) in [6.07, 6.45) is -0.335. The fourth-order valence-electron chi connectivity index (χ4n) is 6.87. The number of nitrogens with one attached hydrogen (secondary N) is 3. The van der Waals surface area contributed by atoms with Crippen LogP contribution in [0, 0.1) is 25.2 Å². The van der Waals surface area contributed by atoms with E-state index in [9.17, 15) is 38.4 Å². The van der Waals surface area contributed by atoms with Crippen LogP contribution in [-0.2, 0) is 75.3 Å². The number of hydrogen-bond donors (Lipinski definition) is 3. The van der Waals surface area contributed by atoms with E-state index in [1.165, 1.54) is 52.9 Å². The standard InChI is InChI=1S/C46H70N6O11.C2H6.CH3.W/c1-14-27(5)38-41(55)49-32(10)45(59)63-39(28(6)15-2)30(8)35(62-46(60)47-11)22-21-29(7)44(58)61-36(23-26(3)4)40(54)48-31(9)42(56)52(13)34(24-33-19-17-16-18-20-33)43(57)51(12)25-37(53)50-38;1-2;;/h15-21,26-27,30-32,34-36,38-39H,14,22-25H2,1-13H3,(H4,47,48,49,50,53,54,55,60);1-2H3;1H3;/q;;-1;+2/p-1/b28-15+,29-21+;;;. The number of carbonyl (C=O) groups is 8. The van der Waals surface area contributed by atoms with Crippen molar-refractivity contribution < 1.29 is 73.6 Å². The van der Waals surface area contributed by atoms with Crippen molar-refractivity contribution in [2.75, 3.05) is 27.7 Å². The number of ether oxygens (including phenoxy) is 3. The molecular weight excluding hydrogens is 1030 g/mol. The Bertz CT molecular complexity index is 1840. The molecule has 9 atom stereocenters. The van der Waals surface area contributed by atoms with Gasteiger partial charge in [-0.25, -0.2) is 9.59 Å². The molecule has 17 nitrogen and oxygen atoms in total. The zero-order chi connectivity index (χ0) is 49.7. The van der Waals surface area contributed by atoms with Gasteiger partial charge in [-0.15, -0.1) is 7.05 Å². The van der Waals surface area contributed by atoms with Gasteiger partial charge in [-0.1, -0.05) is 97.4 Å². The summed E-state index contributed by atoms with van der Waals surface area (Å²) >= 11 is 0. The van der Waals surface area contributed by atoms with E-state index in [2.05, 4.69) is 21.3 Å². The maximum atomic E-state index is 14.2. The molecule has 0 aromatic heterocycles. The summed E-state index contributed by atoms with van der Waals surface area (Å²) in [4.78, 5) is 111. The quantitative estimate of drug-likeness (QED) is 0.121. The van der Waals surface area contributed by atoms with Gasteiger partial charge in [0.05, 0.1) is 6.54 Å². The molecule has 0 spiro atoms. The topological polar surface area (TPSA) is 221 Å². The van der Waals surface area contributed by atoms with Crippen molar-refractivity contribution in [1.82, 2.24) is 25.8 Å². The fourth-order valence-corrected chi connectivity index (χ4v) is 6.87. The molecule has 9 unspecified atom stereocenters. The molecule has 3 N–H and O–H groups in total. The van der Waals surface area contributed by atoms with Crippen molar-refractivity contribution in [3.05, 3.63) is 71.9 Å². The van der Waals surface area contributed by atoms with Gasteiger partial charge in [0.25, 0.3) is 5.91 Å². The zero-order valence-corrected chi connectivity index (χ0v) is 45.5. The first-order chi connectivity index (χ1) is 30.6. The summed E-state index contributed by atoms with van der Waals surface area (Å²) in [6, 6.07) is 4.37. The Morgan fingerprint density at radius 1 is 0.910 bits per heavy atom. The van der Waals surface area contributed by atoms with Crippen LogP contribution in [0.25, 0.3) is 5.32 Å². The molecule has 0 saturated carbocycles. The van der Waals surface area contributed by atoms with E-state index in [0.29, 0.717) is 12.0 Å². The van der Waals surface area contributed by atoms with Gasteiger partial charge in [-0.2, -0.15) is 0 Å². The van der Waals surface area contributed by atoms with Crippen LogP contribution in [0.15, 0.2) is 53.6 Å². The second-order valence-electron chi connectivity index (χ2n) is 16.8. The minimum atomic E-state index is -1.30. The second-order valence-corrected chi connectivity index (χ2v) is 16.8. The van der Waals surface area contributed by atoms with Crippen molar-refractivity contribution in [3.63, 3.8) is 0 Å². The largest absolute Gasteiger partial charge is 2.00 e. The van der Waals surface area contributed by atoms with Crippen LogP contribution in [0.3, 0.4) is 0 Å². The van der Waals surface area contributed by atoms with E-state index in [0.717, 1.165) is 10.5 Å². The molecule has 0 radical (unpaired) electrons. The fraction of sp³-hybridized carbons (Fsp3) is 0.612. The summed E-state index contributed by atoms with van der Waals surface area (Å²) in [5.41, 5.74) is 1.42. The molecular formula is C49H78N6O11W. The number of esters is 2. The molecule has 0 fully saturated rings. The number of carbonyl (C=O) groups excluding carboxylic acids is 8. The molecule has 376 valence electrons. The first-order valence-electron chi connectivity index (χ1n) is 22.5. The Labute approximate surface area is 413 Å². The summed E-state index contributed by atoms with van der Waals surface area (Å²) in [6.45, 7) is 20.3. The summed E-state index contributed by atoms with van der Waals surface area (Å²) in [5.74, 6) is -6.13. The van der Waals surface area contributed by atoms with Gasteiger partial charge >= 0.3 is 33.0 Å². The van der Waals surface area contributed by atoms with Crippen LogP contribution in [0.2, 0.25) is 0 Å². The van der Waals surface area contributed by atoms with Crippen molar-refractivity contribution in [1.29, 1.82) is 0 Å². The van der Waals surface area contributed by atoms with E-state index in [4.69, 9.17) is 14.2 Å². The predicted molar refractivity (Wildman–Crippen MR) is 254 cm³/mol. The number of nitrogens with zero attached hydrogens (tertiary/aromatic N) is 3. The third kappa shape index (κ3) is 20.4. The van der Waals surface area contributed by atoms with Gasteiger partial charge in [0.15, 0.2) is 6.10 Å². The summed E-state index contributed by atoms with van der Waals surface area (Å²) in [5, 5.41) is 11.6.